The van der Waals surface area contributed by atoms with Crippen molar-refractivity contribution in [2.75, 3.05) is 0 Å². The average molecular weight is 245 g/mol. The van der Waals surface area contributed by atoms with E-state index in [1.165, 1.54) is 5.56 Å². The Hall–Kier alpha value is -1.64. The highest BCUT2D eigenvalue weighted by molar-refractivity contribution is 5.81. The van der Waals surface area contributed by atoms with E-state index in [9.17, 15) is 9.59 Å². The summed E-state index contributed by atoms with van der Waals surface area (Å²) in [7, 11) is 0. The molecule has 1 fully saturated rings. The van der Waals surface area contributed by atoms with Crippen LogP contribution in [0.15, 0.2) is 30.3 Å². The van der Waals surface area contributed by atoms with Crippen LogP contribution in [0.3, 0.4) is 0 Å². The fourth-order valence-electron chi connectivity index (χ4n) is 2.71. The number of ketones is 1. The van der Waals surface area contributed by atoms with Gasteiger partial charge in [0.15, 0.2) is 0 Å². The van der Waals surface area contributed by atoms with Crippen molar-refractivity contribution in [1.29, 1.82) is 0 Å². The predicted octanol–water partition coefficient (Wildman–Crippen LogP) is 2.20. The summed E-state index contributed by atoms with van der Waals surface area (Å²) in [5.41, 5.74) is 1.18. The Bertz CT molecular complexity index is 416. The highest BCUT2D eigenvalue weighted by Crippen LogP contribution is 2.23. The minimum absolute atomic E-state index is 0.0242. The van der Waals surface area contributed by atoms with Crippen molar-refractivity contribution in [3.63, 3.8) is 0 Å². The fraction of sp³-hybridized carbons (Fsp3) is 0.467. The van der Waals surface area contributed by atoms with Crippen molar-refractivity contribution in [3.8, 4) is 0 Å². The van der Waals surface area contributed by atoms with Gasteiger partial charge >= 0.3 is 0 Å². The topological polar surface area (TPSA) is 37.4 Å². The van der Waals surface area contributed by atoms with Crippen LogP contribution in [0.5, 0.6) is 0 Å². The number of hydrogen-bond acceptors (Lipinski definition) is 2. The largest absolute Gasteiger partial charge is 0.338 e. The van der Waals surface area contributed by atoms with Gasteiger partial charge in [-0.3, -0.25) is 9.59 Å². The van der Waals surface area contributed by atoms with Gasteiger partial charge in [0.05, 0.1) is 0 Å². The van der Waals surface area contributed by atoms with Crippen LogP contribution in [-0.4, -0.2) is 29.2 Å². The normalized spacial score (nSPS) is 24.1. The molecule has 1 aliphatic heterocycles. The first-order valence-electron chi connectivity index (χ1n) is 6.53. The second kappa shape index (κ2) is 5.80. The van der Waals surface area contributed by atoms with Crippen LogP contribution in [0.4, 0.5) is 0 Å². The third-order valence-corrected chi connectivity index (χ3v) is 3.68. The molecule has 0 aromatic heterocycles. The molecule has 1 saturated heterocycles. The van der Waals surface area contributed by atoms with Crippen molar-refractivity contribution in [2.45, 2.75) is 44.7 Å². The Balaban J connectivity index is 2.13. The number of benzene rings is 1. The summed E-state index contributed by atoms with van der Waals surface area (Å²) in [5.74, 6) is 0.279. The Morgan fingerprint density at radius 1 is 1.22 bits per heavy atom. The lowest BCUT2D eigenvalue weighted by Gasteiger charge is -2.38. The average Bonchev–Trinajstić information content (AvgIpc) is 2.39. The lowest BCUT2D eigenvalue weighted by molar-refractivity contribution is -0.132. The number of Topliss-reactive ketones (excluding diaryl/α,β-unsaturated/α-hetero) is 1. The lowest BCUT2D eigenvalue weighted by Crippen LogP contribution is -2.49. The molecule has 3 heteroatoms. The molecule has 1 amide bonds. The third-order valence-electron chi connectivity index (χ3n) is 3.68. The molecule has 18 heavy (non-hydrogen) atoms. The molecule has 0 aliphatic carbocycles. The smallest absolute Gasteiger partial charge is 0.210 e. The second-order valence-electron chi connectivity index (χ2n) is 4.91. The number of rotatable bonds is 4. The second-order valence-corrected chi connectivity index (χ2v) is 4.91. The summed E-state index contributed by atoms with van der Waals surface area (Å²) in [6, 6.07) is 10.1. The molecule has 2 atom stereocenters. The van der Waals surface area contributed by atoms with Crippen molar-refractivity contribution >= 4 is 12.2 Å². The molecule has 0 saturated carbocycles. The van der Waals surface area contributed by atoms with Crippen molar-refractivity contribution in [3.05, 3.63) is 35.9 Å². The number of amides is 1. The minimum Gasteiger partial charge on any atom is -0.338 e. The number of hydrogen-bond donors (Lipinski definition) is 0. The highest BCUT2D eigenvalue weighted by Gasteiger charge is 2.32. The maximum atomic E-state index is 11.8. The number of nitrogens with zero attached hydrogens (tertiary/aromatic N) is 1. The molecule has 96 valence electrons. The maximum absolute atomic E-state index is 11.8. The number of carbonyl (C=O) groups excluding carboxylic acids is 2. The first kappa shape index (κ1) is 12.8. The van der Waals surface area contributed by atoms with Gasteiger partial charge in [0.2, 0.25) is 6.41 Å². The standard InChI is InChI=1S/C15H19NO2/c1-2-13-9-15(18)10-14(16(13)11-17)8-12-6-4-3-5-7-12/h3-7,11,13-14H,2,8-10H2,1H3/t13-,14+/m1/s1. The molecule has 1 aromatic carbocycles. The van der Waals surface area contributed by atoms with Crippen LogP contribution >= 0.6 is 0 Å². The van der Waals surface area contributed by atoms with E-state index in [-0.39, 0.29) is 17.9 Å². The van der Waals surface area contributed by atoms with E-state index < -0.39 is 0 Å². The zero-order chi connectivity index (χ0) is 13.0. The van der Waals surface area contributed by atoms with Crippen molar-refractivity contribution < 1.29 is 9.59 Å². The molecular weight excluding hydrogens is 226 g/mol. The maximum Gasteiger partial charge on any atom is 0.210 e. The van der Waals surface area contributed by atoms with Crippen LogP contribution in [0.1, 0.15) is 31.7 Å². The monoisotopic (exact) mass is 245 g/mol. The summed E-state index contributed by atoms with van der Waals surface area (Å²) in [5, 5.41) is 0. The van der Waals surface area contributed by atoms with Gasteiger partial charge in [-0.15, -0.1) is 0 Å². The fourth-order valence-corrected chi connectivity index (χ4v) is 2.71. The summed E-state index contributed by atoms with van der Waals surface area (Å²) in [4.78, 5) is 24.8. The molecule has 0 bridgehead atoms. The highest BCUT2D eigenvalue weighted by atomic mass is 16.1. The van der Waals surface area contributed by atoms with Gasteiger partial charge in [-0.25, -0.2) is 0 Å². The molecule has 0 N–H and O–H groups in total. The van der Waals surface area contributed by atoms with Gasteiger partial charge in [-0.2, -0.15) is 0 Å². The first-order valence-corrected chi connectivity index (χ1v) is 6.53. The van der Waals surface area contributed by atoms with Gasteiger partial charge in [0.1, 0.15) is 5.78 Å². The summed E-state index contributed by atoms with van der Waals surface area (Å²) in [6.45, 7) is 2.03. The van der Waals surface area contributed by atoms with Crippen LogP contribution in [0.2, 0.25) is 0 Å². The lowest BCUT2D eigenvalue weighted by atomic mass is 9.90. The molecule has 1 aromatic rings. The van der Waals surface area contributed by atoms with Crippen LogP contribution in [0, 0.1) is 0 Å². The van der Waals surface area contributed by atoms with Gasteiger partial charge < -0.3 is 4.90 Å². The third kappa shape index (κ3) is 2.78. The van der Waals surface area contributed by atoms with Gasteiger partial charge in [-0.05, 0) is 18.4 Å². The number of piperidine rings is 1. The van der Waals surface area contributed by atoms with Gasteiger partial charge in [0.25, 0.3) is 0 Å². The zero-order valence-electron chi connectivity index (χ0n) is 10.7. The summed E-state index contributed by atoms with van der Waals surface area (Å²) >= 11 is 0. The van der Waals surface area contributed by atoms with E-state index in [2.05, 4.69) is 0 Å². The molecule has 0 radical (unpaired) electrons. The number of carbonyl (C=O) groups is 2. The van der Waals surface area contributed by atoms with E-state index in [4.69, 9.17) is 0 Å². The van der Waals surface area contributed by atoms with Crippen molar-refractivity contribution in [2.24, 2.45) is 0 Å². The Labute approximate surface area is 108 Å². The molecule has 1 aliphatic rings. The van der Waals surface area contributed by atoms with Crippen molar-refractivity contribution in [1.82, 2.24) is 4.90 Å². The van der Waals surface area contributed by atoms with Gasteiger partial charge in [-0.1, -0.05) is 37.3 Å². The van der Waals surface area contributed by atoms with E-state index in [1.54, 1.807) is 0 Å². The molecular formula is C15H19NO2. The van der Waals surface area contributed by atoms with Crippen LogP contribution in [-0.2, 0) is 16.0 Å². The Morgan fingerprint density at radius 2 is 1.89 bits per heavy atom. The summed E-state index contributed by atoms with van der Waals surface area (Å²) in [6.07, 6.45) is 3.52. The number of likely N-dealkylation sites (tertiary alicyclic amines) is 1. The van der Waals surface area contributed by atoms with Crippen LogP contribution in [0.25, 0.3) is 0 Å². The molecule has 0 unspecified atom stereocenters. The Morgan fingerprint density at radius 3 is 2.50 bits per heavy atom. The predicted molar refractivity (Wildman–Crippen MR) is 70.2 cm³/mol. The molecule has 1 heterocycles. The van der Waals surface area contributed by atoms with Gasteiger partial charge in [0, 0.05) is 24.9 Å². The zero-order valence-corrected chi connectivity index (χ0v) is 10.7. The Kier molecular flexibility index (Phi) is 4.13. The quantitative estimate of drug-likeness (QED) is 0.763. The van der Waals surface area contributed by atoms with E-state index >= 15 is 0 Å². The SMILES string of the molecule is CC[C@@H]1CC(=O)C[C@H](Cc2ccccc2)N1C=O. The van der Waals surface area contributed by atoms with E-state index in [0.29, 0.717) is 12.8 Å². The molecule has 3 nitrogen and oxygen atoms in total. The molecule has 0 spiro atoms. The summed E-state index contributed by atoms with van der Waals surface area (Å²) < 4.78 is 0. The van der Waals surface area contributed by atoms with E-state index in [0.717, 1.165) is 19.3 Å². The first-order chi connectivity index (χ1) is 8.74. The minimum atomic E-state index is 0.0242. The molecule has 2 rings (SSSR count). The van der Waals surface area contributed by atoms with E-state index in [1.807, 2.05) is 42.2 Å². The van der Waals surface area contributed by atoms with Crippen LogP contribution < -0.4 is 0 Å².